The molecule has 1 aromatic carbocycles. The summed E-state index contributed by atoms with van der Waals surface area (Å²) in [5, 5.41) is 0. The molecule has 1 aromatic rings. The molecule has 0 aromatic heterocycles. The first-order chi connectivity index (χ1) is 16.4. The maximum Gasteiger partial charge on any atom is 0.311 e. The van der Waals surface area contributed by atoms with E-state index in [1.54, 1.807) is 16.7 Å². The van der Waals surface area contributed by atoms with E-state index in [9.17, 15) is 19.2 Å². The highest BCUT2D eigenvalue weighted by Gasteiger charge is 2.62. The Morgan fingerprint density at radius 2 is 1.82 bits per heavy atom. The molecule has 3 aliphatic rings. The fourth-order valence-corrected chi connectivity index (χ4v) is 5.54. The fourth-order valence-electron chi connectivity index (χ4n) is 5.54. The van der Waals surface area contributed by atoms with E-state index in [2.05, 4.69) is 0 Å². The monoisotopic (exact) mass is 470 g/mol. The summed E-state index contributed by atoms with van der Waals surface area (Å²) in [4.78, 5) is 55.8. The van der Waals surface area contributed by atoms with Crippen LogP contribution in [0.3, 0.4) is 0 Å². The molecule has 0 unspecified atom stereocenters. The standard InChI is InChI=1S/C26H34N2O6/c1-3-33-24(31)21-17-26(13-7-8-14-27(25(26)32)15-16-34-18(2)29)28(23(30)20-11-12-20)22(21)19-9-5-4-6-10-19/h4-6,9-10,20-22H,3,7-8,11-17H2,1-2H3/t21-,22-,26-/m0/s1. The number of amides is 2. The van der Waals surface area contributed by atoms with Gasteiger partial charge in [0.05, 0.1) is 25.1 Å². The van der Waals surface area contributed by atoms with Crippen LogP contribution >= 0.6 is 0 Å². The summed E-state index contributed by atoms with van der Waals surface area (Å²) in [6, 6.07) is 8.97. The van der Waals surface area contributed by atoms with Crippen molar-refractivity contribution in [3.8, 4) is 0 Å². The van der Waals surface area contributed by atoms with E-state index in [0.29, 0.717) is 13.0 Å². The van der Waals surface area contributed by atoms with E-state index < -0.39 is 23.5 Å². The van der Waals surface area contributed by atoms with Gasteiger partial charge in [0.2, 0.25) is 11.8 Å². The van der Waals surface area contributed by atoms with Crippen molar-refractivity contribution in [2.24, 2.45) is 11.8 Å². The van der Waals surface area contributed by atoms with Gasteiger partial charge in [-0.3, -0.25) is 19.2 Å². The van der Waals surface area contributed by atoms with Gasteiger partial charge in [-0.15, -0.1) is 0 Å². The zero-order valence-corrected chi connectivity index (χ0v) is 20.0. The van der Waals surface area contributed by atoms with Gasteiger partial charge in [0.15, 0.2) is 0 Å². The molecule has 3 fully saturated rings. The second-order valence-corrected chi connectivity index (χ2v) is 9.52. The van der Waals surface area contributed by atoms with E-state index >= 15 is 0 Å². The minimum absolute atomic E-state index is 0.0455. The lowest BCUT2D eigenvalue weighted by atomic mass is 9.85. The van der Waals surface area contributed by atoms with E-state index in [1.165, 1.54) is 6.92 Å². The van der Waals surface area contributed by atoms with Crippen molar-refractivity contribution >= 4 is 23.8 Å². The van der Waals surface area contributed by atoms with Gasteiger partial charge in [-0.1, -0.05) is 30.3 Å². The number of esters is 2. The molecule has 0 radical (unpaired) electrons. The molecule has 0 bridgehead atoms. The molecule has 3 atom stereocenters. The van der Waals surface area contributed by atoms with E-state index in [-0.39, 0.29) is 49.9 Å². The molecule has 2 amide bonds. The maximum absolute atomic E-state index is 14.1. The third-order valence-electron chi connectivity index (χ3n) is 7.19. The predicted octanol–water partition coefficient (Wildman–Crippen LogP) is 2.86. The number of likely N-dealkylation sites (tertiary alicyclic amines) is 2. The minimum Gasteiger partial charge on any atom is -0.466 e. The molecular formula is C26H34N2O6. The lowest BCUT2D eigenvalue weighted by Gasteiger charge is -2.41. The van der Waals surface area contributed by atoms with Crippen molar-refractivity contribution in [2.45, 2.75) is 64.0 Å². The van der Waals surface area contributed by atoms with Gasteiger partial charge in [0.25, 0.3) is 0 Å². The summed E-state index contributed by atoms with van der Waals surface area (Å²) in [6.45, 7) is 4.26. The number of hydrogen-bond acceptors (Lipinski definition) is 6. The lowest BCUT2D eigenvalue weighted by Crippen LogP contribution is -2.58. The summed E-state index contributed by atoms with van der Waals surface area (Å²) in [5.74, 6) is -1.69. The second kappa shape index (κ2) is 10.2. The summed E-state index contributed by atoms with van der Waals surface area (Å²) in [7, 11) is 0. The molecule has 0 N–H and O–H groups in total. The van der Waals surface area contributed by atoms with Gasteiger partial charge in [-0.05, 0) is 51.0 Å². The second-order valence-electron chi connectivity index (χ2n) is 9.52. The Hall–Kier alpha value is -2.90. The predicted molar refractivity (Wildman–Crippen MR) is 123 cm³/mol. The number of hydrogen-bond donors (Lipinski definition) is 0. The normalized spacial score (nSPS) is 26.9. The zero-order valence-electron chi connectivity index (χ0n) is 20.0. The van der Waals surface area contributed by atoms with Gasteiger partial charge < -0.3 is 19.3 Å². The van der Waals surface area contributed by atoms with Crippen LogP contribution in [0.5, 0.6) is 0 Å². The minimum atomic E-state index is -1.11. The molecule has 8 nitrogen and oxygen atoms in total. The summed E-state index contributed by atoms with van der Waals surface area (Å²) >= 11 is 0. The fraction of sp³-hybridized carbons (Fsp3) is 0.615. The topological polar surface area (TPSA) is 93.2 Å². The first-order valence-corrected chi connectivity index (χ1v) is 12.4. The van der Waals surface area contributed by atoms with Crippen LogP contribution in [-0.4, -0.2) is 65.4 Å². The summed E-state index contributed by atoms with van der Waals surface area (Å²) in [6.07, 6.45) is 3.92. The molecular weight excluding hydrogens is 436 g/mol. The Morgan fingerprint density at radius 3 is 2.47 bits per heavy atom. The lowest BCUT2D eigenvalue weighted by molar-refractivity contribution is -0.155. The largest absolute Gasteiger partial charge is 0.466 e. The number of carbonyl (C=O) groups excluding carboxylic acids is 4. The van der Waals surface area contributed by atoms with Crippen molar-refractivity contribution < 1.29 is 28.7 Å². The maximum atomic E-state index is 14.1. The average molecular weight is 471 g/mol. The first kappa shape index (κ1) is 24.2. The molecule has 1 spiro atoms. The molecule has 4 rings (SSSR count). The Labute approximate surface area is 200 Å². The van der Waals surface area contributed by atoms with Gasteiger partial charge in [-0.2, -0.15) is 0 Å². The van der Waals surface area contributed by atoms with E-state index in [1.807, 2.05) is 30.3 Å². The van der Waals surface area contributed by atoms with E-state index in [4.69, 9.17) is 9.47 Å². The zero-order chi connectivity index (χ0) is 24.3. The number of carbonyl (C=O) groups is 4. The smallest absolute Gasteiger partial charge is 0.311 e. The molecule has 1 aliphatic carbocycles. The Balaban J connectivity index is 1.76. The SMILES string of the molecule is CCOC(=O)[C@H]1C[C@]2(CCCCN(CCOC(C)=O)C2=O)N(C(=O)C2CC2)[C@H]1c1ccccc1. The molecule has 2 heterocycles. The summed E-state index contributed by atoms with van der Waals surface area (Å²) in [5.41, 5.74) is -0.264. The number of benzene rings is 1. The van der Waals surface area contributed by atoms with Gasteiger partial charge in [0, 0.05) is 19.4 Å². The third-order valence-corrected chi connectivity index (χ3v) is 7.19. The highest BCUT2D eigenvalue weighted by atomic mass is 16.5. The molecule has 34 heavy (non-hydrogen) atoms. The van der Waals surface area contributed by atoms with Crippen LogP contribution in [0, 0.1) is 11.8 Å². The van der Waals surface area contributed by atoms with Crippen LogP contribution in [-0.2, 0) is 28.7 Å². The van der Waals surface area contributed by atoms with Crippen LogP contribution in [0.15, 0.2) is 30.3 Å². The van der Waals surface area contributed by atoms with Crippen molar-refractivity contribution in [2.75, 3.05) is 26.3 Å². The van der Waals surface area contributed by atoms with Crippen molar-refractivity contribution in [3.05, 3.63) is 35.9 Å². The Kier molecular flexibility index (Phi) is 7.24. The number of rotatable bonds is 7. The van der Waals surface area contributed by atoms with Crippen molar-refractivity contribution in [1.29, 1.82) is 0 Å². The molecule has 2 aliphatic heterocycles. The summed E-state index contributed by atoms with van der Waals surface area (Å²) < 4.78 is 10.5. The number of nitrogens with zero attached hydrogens (tertiary/aromatic N) is 2. The third kappa shape index (κ3) is 4.68. The Bertz CT molecular complexity index is 930. The first-order valence-electron chi connectivity index (χ1n) is 12.4. The quantitative estimate of drug-likeness (QED) is 0.569. The van der Waals surface area contributed by atoms with Crippen LogP contribution in [0.25, 0.3) is 0 Å². The van der Waals surface area contributed by atoms with Gasteiger partial charge >= 0.3 is 11.9 Å². The highest BCUT2D eigenvalue weighted by molar-refractivity contribution is 5.95. The Morgan fingerprint density at radius 1 is 1.09 bits per heavy atom. The van der Waals surface area contributed by atoms with Crippen molar-refractivity contribution in [3.63, 3.8) is 0 Å². The van der Waals surface area contributed by atoms with Gasteiger partial charge in [-0.25, -0.2) is 0 Å². The number of ether oxygens (including phenoxy) is 2. The highest BCUT2D eigenvalue weighted by Crippen LogP contribution is 2.53. The van der Waals surface area contributed by atoms with Crippen LogP contribution < -0.4 is 0 Å². The molecule has 8 heteroatoms. The molecule has 184 valence electrons. The van der Waals surface area contributed by atoms with Crippen molar-refractivity contribution in [1.82, 2.24) is 9.80 Å². The van der Waals surface area contributed by atoms with Gasteiger partial charge in [0.1, 0.15) is 12.1 Å². The average Bonchev–Trinajstić information content (AvgIpc) is 3.63. The van der Waals surface area contributed by atoms with Crippen LogP contribution in [0.1, 0.15) is 64.0 Å². The molecule has 1 saturated carbocycles. The molecule has 2 saturated heterocycles. The van der Waals surface area contributed by atoms with Crippen LogP contribution in [0.2, 0.25) is 0 Å². The van der Waals surface area contributed by atoms with E-state index in [0.717, 1.165) is 31.2 Å². The van der Waals surface area contributed by atoms with Crippen LogP contribution in [0.4, 0.5) is 0 Å².